The fourth-order valence-corrected chi connectivity index (χ4v) is 2.30. The van der Waals surface area contributed by atoms with Gasteiger partial charge in [-0.2, -0.15) is 0 Å². The third-order valence-corrected chi connectivity index (χ3v) is 3.27. The fourth-order valence-electron chi connectivity index (χ4n) is 2.30. The van der Waals surface area contributed by atoms with E-state index in [1.807, 2.05) is 0 Å². The van der Waals surface area contributed by atoms with Crippen molar-refractivity contribution < 1.29 is 15.0 Å². The number of carboxylic acid groups (broad SMARTS) is 1. The minimum atomic E-state index is -0.679. The van der Waals surface area contributed by atoms with Gasteiger partial charge in [-0.05, 0) is 51.1 Å². The van der Waals surface area contributed by atoms with E-state index < -0.39 is 5.97 Å². The Labute approximate surface area is 97.3 Å². The summed E-state index contributed by atoms with van der Waals surface area (Å²) in [4.78, 5) is 12.9. The van der Waals surface area contributed by atoms with Crippen molar-refractivity contribution in [2.45, 2.75) is 38.5 Å². The van der Waals surface area contributed by atoms with Gasteiger partial charge in [0.15, 0.2) is 0 Å². The molecule has 1 aliphatic heterocycles. The monoisotopic (exact) mass is 229 g/mol. The Morgan fingerprint density at radius 3 is 2.81 bits per heavy atom. The highest BCUT2D eigenvalue weighted by Gasteiger charge is 2.22. The number of nitrogens with zero attached hydrogens (tertiary/aromatic N) is 1. The van der Waals surface area contributed by atoms with Crippen LogP contribution in [0.1, 0.15) is 38.5 Å². The maximum Gasteiger partial charge on any atom is 0.303 e. The fraction of sp³-hybridized carbons (Fsp3) is 0.917. The lowest BCUT2D eigenvalue weighted by Gasteiger charge is -2.15. The second-order valence-electron chi connectivity index (χ2n) is 4.67. The van der Waals surface area contributed by atoms with Gasteiger partial charge in [0.25, 0.3) is 0 Å². The van der Waals surface area contributed by atoms with Crippen LogP contribution in [0.3, 0.4) is 0 Å². The quantitative estimate of drug-likeness (QED) is 0.617. The molecule has 94 valence electrons. The number of unbranched alkanes of at least 4 members (excludes halogenated alkanes) is 2. The highest BCUT2D eigenvalue weighted by molar-refractivity contribution is 5.66. The second kappa shape index (κ2) is 7.63. The van der Waals surface area contributed by atoms with Gasteiger partial charge in [-0.3, -0.25) is 4.79 Å². The van der Waals surface area contributed by atoms with Crippen LogP contribution in [0.5, 0.6) is 0 Å². The van der Waals surface area contributed by atoms with Crippen molar-refractivity contribution in [3.05, 3.63) is 0 Å². The minimum Gasteiger partial charge on any atom is -0.481 e. The first kappa shape index (κ1) is 13.5. The molecule has 1 heterocycles. The van der Waals surface area contributed by atoms with E-state index in [9.17, 15) is 4.79 Å². The molecule has 4 heteroatoms. The van der Waals surface area contributed by atoms with Gasteiger partial charge in [-0.1, -0.05) is 0 Å². The first-order valence-corrected chi connectivity index (χ1v) is 6.27. The lowest BCUT2D eigenvalue weighted by atomic mass is 10.0. The summed E-state index contributed by atoms with van der Waals surface area (Å²) in [7, 11) is 0. The molecule has 0 bridgehead atoms. The Morgan fingerprint density at radius 2 is 2.12 bits per heavy atom. The summed E-state index contributed by atoms with van der Waals surface area (Å²) < 4.78 is 0. The molecule has 4 nitrogen and oxygen atoms in total. The van der Waals surface area contributed by atoms with Crippen molar-refractivity contribution in [3.63, 3.8) is 0 Å². The molecular weight excluding hydrogens is 206 g/mol. The maximum absolute atomic E-state index is 10.4. The number of rotatable bonds is 8. The molecule has 1 unspecified atom stereocenters. The standard InChI is InChI=1S/C12H23NO3/c14-9-3-1-2-7-13-8-6-11(10-13)4-5-12(15)16/h11,14H,1-10H2,(H,15,16). The summed E-state index contributed by atoms with van der Waals surface area (Å²) >= 11 is 0. The zero-order valence-corrected chi connectivity index (χ0v) is 9.90. The Kier molecular flexibility index (Phi) is 6.42. The van der Waals surface area contributed by atoms with Crippen molar-refractivity contribution in [2.24, 2.45) is 5.92 Å². The molecule has 2 N–H and O–H groups in total. The molecule has 0 amide bonds. The van der Waals surface area contributed by atoms with Crippen LogP contribution >= 0.6 is 0 Å². The van der Waals surface area contributed by atoms with E-state index in [-0.39, 0.29) is 0 Å². The van der Waals surface area contributed by atoms with Crippen LogP contribution in [0.25, 0.3) is 0 Å². The molecule has 0 aromatic rings. The molecule has 16 heavy (non-hydrogen) atoms. The van der Waals surface area contributed by atoms with Crippen LogP contribution in [0, 0.1) is 5.92 Å². The Hall–Kier alpha value is -0.610. The predicted octanol–water partition coefficient (Wildman–Crippen LogP) is 1.34. The molecule has 0 aromatic heterocycles. The van der Waals surface area contributed by atoms with Crippen LogP contribution < -0.4 is 0 Å². The van der Waals surface area contributed by atoms with Gasteiger partial charge in [0, 0.05) is 19.6 Å². The SMILES string of the molecule is O=C(O)CCC1CCN(CCCCCO)C1. The van der Waals surface area contributed by atoms with Crippen LogP contribution in [0.4, 0.5) is 0 Å². The maximum atomic E-state index is 10.4. The molecule has 0 aromatic carbocycles. The Morgan fingerprint density at radius 1 is 1.31 bits per heavy atom. The van der Waals surface area contributed by atoms with Crippen molar-refractivity contribution in [3.8, 4) is 0 Å². The van der Waals surface area contributed by atoms with Crippen LogP contribution in [0.15, 0.2) is 0 Å². The number of carbonyl (C=O) groups is 1. The molecule has 1 atom stereocenters. The molecular formula is C12H23NO3. The summed E-state index contributed by atoms with van der Waals surface area (Å²) in [5.74, 6) is -0.102. The van der Waals surface area contributed by atoms with Gasteiger partial charge < -0.3 is 15.1 Å². The van der Waals surface area contributed by atoms with Crippen LogP contribution in [-0.2, 0) is 4.79 Å². The first-order valence-electron chi connectivity index (χ1n) is 6.27. The topological polar surface area (TPSA) is 60.8 Å². The van der Waals surface area contributed by atoms with E-state index in [4.69, 9.17) is 10.2 Å². The number of hydrogen-bond acceptors (Lipinski definition) is 3. The number of aliphatic carboxylic acids is 1. The predicted molar refractivity (Wildman–Crippen MR) is 62.4 cm³/mol. The summed E-state index contributed by atoms with van der Waals surface area (Å²) in [6, 6.07) is 0. The largest absolute Gasteiger partial charge is 0.481 e. The van der Waals surface area contributed by atoms with Gasteiger partial charge in [-0.25, -0.2) is 0 Å². The van der Waals surface area contributed by atoms with Crippen molar-refractivity contribution >= 4 is 5.97 Å². The number of likely N-dealkylation sites (tertiary alicyclic amines) is 1. The molecule has 0 saturated carbocycles. The molecule has 0 spiro atoms. The van der Waals surface area contributed by atoms with Gasteiger partial charge >= 0.3 is 5.97 Å². The van der Waals surface area contributed by atoms with Gasteiger partial charge in [0.05, 0.1) is 0 Å². The Bertz CT molecular complexity index is 208. The number of hydrogen-bond donors (Lipinski definition) is 2. The summed E-state index contributed by atoms with van der Waals surface area (Å²) in [5, 5.41) is 17.3. The normalized spacial score (nSPS) is 21.4. The van der Waals surface area contributed by atoms with Gasteiger partial charge in [-0.15, -0.1) is 0 Å². The molecule has 1 aliphatic rings. The molecule has 1 rings (SSSR count). The highest BCUT2D eigenvalue weighted by atomic mass is 16.4. The molecule has 1 saturated heterocycles. The summed E-state index contributed by atoms with van der Waals surface area (Å²) in [5.41, 5.74) is 0. The first-order chi connectivity index (χ1) is 7.72. The van der Waals surface area contributed by atoms with Gasteiger partial charge in [0.1, 0.15) is 0 Å². The van der Waals surface area contributed by atoms with Gasteiger partial charge in [0.2, 0.25) is 0 Å². The van der Waals surface area contributed by atoms with Crippen molar-refractivity contribution in [1.29, 1.82) is 0 Å². The van der Waals surface area contributed by atoms with E-state index in [1.165, 1.54) is 0 Å². The lowest BCUT2D eigenvalue weighted by Crippen LogP contribution is -2.22. The zero-order chi connectivity index (χ0) is 11.8. The van der Waals surface area contributed by atoms with E-state index >= 15 is 0 Å². The second-order valence-corrected chi connectivity index (χ2v) is 4.67. The van der Waals surface area contributed by atoms with E-state index in [0.717, 1.165) is 51.7 Å². The third kappa shape index (κ3) is 5.47. The number of aliphatic hydroxyl groups is 1. The van der Waals surface area contributed by atoms with E-state index in [1.54, 1.807) is 0 Å². The zero-order valence-electron chi connectivity index (χ0n) is 9.90. The lowest BCUT2D eigenvalue weighted by molar-refractivity contribution is -0.137. The molecule has 0 radical (unpaired) electrons. The summed E-state index contributed by atoms with van der Waals surface area (Å²) in [6.07, 6.45) is 5.41. The van der Waals surface area contributed by atoms with Crippen LogP contribution in [0.2, 0.25) is 0 Å². The van der Waals surface area contributed by atoms with Crippen LogP contribution in [-0.4, -0.2) is 47.3 Å². The van der Waals surface area contributed by atoms with Crippen molar-refractivity contribution in [2.75, 3.05) is 26.2 Å². The number of aliphatic hydroxyl groups excluding tert-OH is 1. The smallest absolute Gasteiger partial charge is 0.303 e. The average Bonchev–Trinajstić information content (AvgIpc) is 2.70. The molecule has 0 aliphatic carbocycles. The van der Waals surface area contributed by atoms with E-state index in [0.29, 0.717) is 18.9 Å². The minimum absolute atomic E-state index is 0.293. The summed E-state index contributed by atoms with van der Waals surface area (Å²) in [6.45, 7) is 3.57. The van der Waals surface area contributed by atoms with Crippen molar-refractivity contribution in [1.82, 2.24) is 4.90 Å². The number of carboxylic acids is 1. The average molecular weight is 229 g/mol. The highest BCUT2D eigenvalue weighted by Crippen LogP contribution is 2.21. The third-order valence-electron chi connectivity index (χ3n) is 3.27. The molecule has 1 fully saturated rings. The Balaban J connectivity index is 2.03. The van der Waals surface area contributed by atoms with E-state index in [2.05, 4.69) is 4.90 Å².